The van der Waals surface area contributed by atoms with Gasteiger partial charge in [0.15, 0.2) is 5.82 Å². The Balaban J connectivity index is 1.71. The van der Waals surface area contributed by atoms with Gasteiger partial charge in [-0.2, -0.15) is 5.10 Å². The second-order valence-corrected chi connectivity index (χ2v) is 5.51. The molecule has 1 aliphatic rings. The second kappa shape index (κ2) is 6.13. The van der Waals surface area contributed by atoms with E-state index in [4.69, 9.17) is 0 Å². The van der Waals surface area contributed by atoms with Gasteiger partial charge in [0.1, 0.15) is 6.17 Å². The van der Waals surface area contributed by atoms with Crippen LogP contribution in [0.4, 0.5) is 10.2 Å². The quantitative estimate of drug-likeness (QED) is 0.929. The summed E-state index contributed by atoms with van der Waals surface area (Å²) in [7, 11) is 1.73. The van der Waals surface area contributed by atoms with Gasteiger partial charge in [-0.25, -0.2) is 4.39 Å². The highest BCUT2D eigenvalue weighted by Crippen LogP contribution is 2.26. The van der Waals surface area contributed by atoms with Crippen LogP contribution >= 0.6 is 0 Å². The first kappa shape index (κ1) is 14.5. The maximum Gasteiger partial charge on any atom is 0.255 e. The number of rotatable bonds is 4. The number of carbonyl (C=O) groups is 1. The van der Waals surface area contributed by atoms with Crippen molar-refractivity contribution < 1.29 is 9.18 Å². The predicted octanol–water partition coefficient (Wildman–Crippen LogP) is 1.49. The van der Waals surface area contributed by atoms with Crippen LogP contribution in [0.5, 0.6) is 0 Å². The summed E-state index contributed by atoms with van der Waals surface area (Å²) in [6.07, 6.45) is 4.43. The highest BCUT2D eigenvalue weighted by Gasteiger charge is 2.34. The Morgan fingerprint density at radius 3 is 3.09 bits per heavy atom. The number of hydrogen-bond donors (Lipinski definition) is 1. The summed E-state index contributed by atoms with van der Waals surface area (Å²) in [6.45, 7) is 0.733. The SMILES string of the molecule is CN(C[C@@H]1C[C@H](F)CN1c1cccnn1)C(=O)c1cc[nH]c1. The van der Waals surface area contributed by atoms with E-state index in [0.717, 1.165) is 0 Å². The zero-order chi connectivity index (χ0) is 15.5. The standard InChI is InChI=1S/C15H18FN5O/c1-20(15(22)11-4-6-17-8-11)10-13-7-12(16)9-21(13)14-3-2-5-18-19-14/h2-6,8,12-13,17H,7,9-10H2,1H3/t12-,13-/m0/s1. The van der Waals surface area contributed by atoms with Crippen molar-refractivity contribution in [3.63, 3.8) is 0 Å². The van der Waals surface area contributed by atoms with Crippen molar-refractivity contribution in [3.05, 3.63) is 42.4 Å². The number of H-pyrrole nitrogens is 1. The van der Waals surface area contributed by atoms with E-state index >= 15 is 0 Å². The summed E-state index contributed by atoms with van der Waals surface area (Å²) in [6, 6.07) is 5.22. The molecule has 1 fully saturated rings. The minimum Gasteiger partial charge on any atom is -0.367 e. The molecule has 0 saturated carbocycles. The van der Waals surface area contributed by atoms with Crippen molar-refractivity contribution >= 4 is 11.7 Å². The van der Waals surface area contributed by atoms with E-state index in [9.17, 15) is 9.18 Å². The Kier molecular flexibility index (Phi) is 4.04. The fourth-order valence-corrected chi connectivity index (χ4v) is 2.84. The van der Waals surface area contributed by atoms with E-state index in [1.54, 1.807) is 42.7 Å². The number of hydrogen-bond acceptors (Lipinski definition) is 4. The molecule has 1 amide bonds. The van der Waals surface area contributed by atoms with E-state index in [0.29, 0.717) is 24.3 Å². The minimum absolute atomic E-state index is 0.0809. The summed E-state index contributed by atoms with van der Waals surface area (Å²) >= 11 is 0. The molecular formula is C15H18FN5O. The van der Waals surface area contributed by atoms with Crippen molar-refractivity contribution in [2.24, 2.45) is 0 Å². The molecule has 1 saturated heterocycles. The molecule has 3 rings (SSSR count). The van der Waals surface area contributed by atoms with Crippen LogP contribution < -0.4 is 4.90 Å². The topological polar surface area (TPSA) is 65.1 Å². The maximum absolute atomic E-state index is 13.8. The number of anilines is 1. The number of amides is 1. The van der Waals surface area contributed by atoms with Gasteiger partial charge in [-0.05, 0) is 18.2 Å². The summed E-state index contributed by atoms with van der Waals surface area (Å²) in [5, 5.41) is 7.89. The third-order valence-electron chi connectivity index (χ3n) is 3.89. The normalized spacial score (nSPS) is 21.1. The number of aromatic nitrogens is 3. The molecule has 2 aromatic heterocycles. The molecule has 1 N–H and O–H groups in total. The van der Waals surface area contributed by atoms with Gasteiger partial charge in [0.25, 0.3) is 5.91 Å². The largest absolute Gasteiger partial charge is 0.367 e. The van der Waals surface area contributed by atoms with Gasteiger partial charge in [0.05, 0.1) is 18.2 Å². The third-order valence-corrected chi connectivity index (χ3v) is 3.89. The van der Waals surface area contributed by atoms with Gasteiger partial charge < -0.3 is 14.8 Å². The van der Waals surface area contributed by atoms with E-state index in [2.05, 4.69) is 15.2 Å². The number of carbonyl (C=O) groups excluding carboxylic acids is 1. The van der Waals surface area contributed by atoms with Crippen LogP contribution in [-0.4, -0.2) is 58.3 Å². The molecule has 0 bridgehead atoms. The van der Waals surface area contributed by atoms with Crippen molar-refractivity contribution in [2.45, 2.75) is 18.6 Å². The molecule has 6 nitrogen and oxygen atoms in total. The van der Waals surface area contributed by atoms with Gasteiger partial charge in [0.2, 0.25) is 0 Å². The van der Waals surface area contributed by atoms with Crippen LogP contribution in [0.25, 0.3) is 0 Å². The van der Waals surface area contributed by atoms with Crippen LogP contribution in [0.1, 0.15) is 16.8 Å². The van der Waals surface area contributed by atoms with Crippen LogP contribution in [0, 0.1) is 0 Å². The Labute approximate surface area is 128 Å². The number of halogens is 1. The monoisotopic (exact) mass is 303 g/mol. The van der Waals surface area contributed by atoms with E-state index < -0.39 is 6.17 Å². The fourth-order valence-electron chi connectivity index (χ4n) is 2.84. The average Bonchev–Trinajstić information content (AvgIpc) is 3.17. The number of nitrogens with zero attached hydrogens (tertiary/aromatic N) is 4. The molecule has 0 unspecified atom stereocenters. The molecule has 0 aliphatic carbocycles. The molecule has 0 aromatic carbocycles. The Morgan fingerprint density at radius 2 is 2.41 bits per heavy atom. The van der Waals surface area contributed by atoms with E-state index in [1.807, 2.05) is 11.0 Å². The lowest BCUT2D eigenvalue weighted by molar-refractivity contribution is 0.0786. The lowest BCUT2D eigenvalue weighted by atomic mass is 10.2. The van der Waals surface area contributed by atoms with E-state index in [-0.39, 0.29) is 18.5 Å². The molecule has 22 heavy (non-hydrogen) atoms. The molecule has 0 spiro atoms. The van der Waals surface area contributed by atoms with Gasteiger partial charge >= 0.3 is 0 Å². The molecule has 0 radical (unpaired) electrons. The lowest BCUT2D eigenvalue weighted by Crippen LogP contribution is -2.41. The van der Waals surface area contributed by atoms with Gasteiger partial charge in [0, 0.05) is 38.6 Å². The first-order valence-electron chi connectivity index (χ1n) is 7.22. The fraction of sp³-hybridized carbons (Fsp3) is 0.400. The van der Waals surface area contributed by atoms with Crippen molar-refractivity contribution in [1.82, 2.24) is 20.1 Å². The number of alkyl halides is 1. The van der Waals surface area contributed by atoms with Crippen LogP contribution in [0.3, 0.4) is 0 Å². The van der Waals surface area contributed by atoms with Crippen LogP contribution in [0.2, 0.25) is 0 Å². The van der Waals surface area contributed by atoms with Crippen molar-refractivity contribution in [3.8, 4) is 0 Å². The van der Waals surface area contributed by atoms with E-state index in [1.165, 1.54) is 0 Å². The molecule has 2 aromatic rings. The average molecular weight is 303 g/mol. The summed E-state index contributed by atoms with van der Waals surface area (Å²) in [5.74, 6) is 0.567. The molecular weight excluding hydrogens is 285 g/mol. The summed E-state index contributed by atoms with van der Waals surface area (Å²) in [4.78, 5) is 18.7. The molecule has 7 heteroatoms. The van der Waals surface area contributed by atoms with Crippen molar-refractivity contribution in [2.75, 3.05) is 25.0 Å². The first-order chi connectivity index (χ1) is 10.6. The second-order valence-electron chi connectivity index (χ2n) is 5.51. The number of nitrogens with one attached hydrogen (secondary N) is 1. The lowest BCUT2D eigenvalue weighted by Gasteiger charge is -2.28. The molecule has 116 valence electrons. The smallest absolute Gasteiger partial charge is 0.255 e. The molecule has 3 heterocycles. The zero-order valence-electron chi connectivity index (χ0n) is 12.3. The summed E-state index contributed by atoms with van der Waals surface area (Å²) in [5.41, 5.74) is 0.600. The van der Waals surface area contributed by atoms with Crippen LogP contribution in [0.15, 0.2) is 36.8 Å². The third kappa shape index (κ3) is 2.93. The van der Waals surface area contributed by atoms with Crippen molar-refractivity contribution in [1.29, 1.82) is 0 Å². The first-order valence-corrected chi connectivity index (χ1v) is 7.22. The maximum atomic E-state index is 13.8. The highest BCUT2D eigenvalue weighted by molar-refractivity contribution is 5.93. The zero-order valence-corrected chi connectivity index (χ0v) is 12.3. The Morgan fingerprint density at radius 1 is 1.55 bits per heavy atom. The van der Waals surface area contributed by atoms with Gasteiger partial charge in [-0.3, -0.25) is 4.79 Å². The molecule has 1 aliphatic heterocycles. The van der Waals surface area contributed by atoms with Gasteiger partial charge in [-0.15, -0.1) is 5.10 Å². The minimum atomic E-state index is -0.914. The molecule has 2 atom stereocenters. The van der Waals surface area contributed by atoms with Gasteiger partial charge in [-0.1, -0.05) is 0 Å². The predicted molar refractivity (Wildman–Crippen MR) is 80.4 cm³/mol. The number of aromatic amines is 1. The summed E-state index contributed by atoms with van der Waals surface area (Å²) < 4.78 is 13.8. The number of likely N-dealkylation sites (N-methyl/N-ethyl adjacent to an activating group) is 1. The van der Waals surface area contributed by atoms with Crippen LogP contribution in [-0.2, 0) is 0 Å². The Bertz CT molecular complexity index is 618. The highest BCUT2D eigenvalue weighted by atomic mass is 19.1. The Hall–Kier alpha value is -2.44.